The highest BCUT2D eigenvalue weighted by atomic mass is 16.5. The standard InChI is InChI=1S/C19H30N2O2/c1-14(2)12-15(3)13-19(22)21-17-6-4-16(5-7-17)20-18-8-10-23-11-9-18/h4-7,14-15,18,20H,8-13H2,1-3H3,(H,21,22). The number of carbonyl (C=O) groups excluding carboxylic acids is 1. The van der Waals surface area contributed by atoms with Crippen LogP contribution in [0.4, 0.5) is 11.4 Å². The normalized spacial score (nSPS) is 17.0. The van der Waals surface area contributed by atoms with E-state index >= 15 is 0 Å². The fourth-order valence-electron chi connectivity index (χ4n) is 3.14. The molecule has 0 radical (unpaired) electrons. The highest BCUT2D eigenvalue weighted by Crippen LogP contribution is 2.19. The predicted molar refractivity (Wildman–Crippen MR) is 95.8 cm³/mol. The topological polar surface area (TPSA) is 50.4 Å². The molecule has 0 bridgehead atoms. The zero-order valence-corrected chi connectivity index (χ0v) is 14.6. The zero-order chi connectivity index (χ0) is 16.7. The molecule has 1 atom stereocenters. The smallest absolute Gasteiger partial charge is 0.224 e. The Morgan fingerprint density at radius 3 is 2.35 bits per heavy atom. The lowest BCUT2D eigenvalue weighted by atomic mass is 9.96. The third-order valence-electron chi connectivity index (χ3n) is 4.17. The molecule has 2 N–H and O–H groups in total. The lowest BCUT2D eigenvalue weighted by molar-refractivity contribution is -0.117. The molecule has 1 unspecified atom stereocenters. The van der Waals surface area contributed by atoms with Gasteiger partial charge in [-0.3, -0.25) is 4.79 Å². The quantitative estimate of drug-likeness (QED) is 0.788. The number of anilines is 2. The predicted octanol–water partition coefficient (Wildman–Crippen LogP) is 4.29. The van der Waals surface area contributed by atoms with Gasteiger partial charge in [0.05, 0.1) is 0 Å². The van der Waals surface area contributed by atoms with Gasteiger partial charge in [-0.2, -0.15) is 0 Å². The molecule has 1 amide bonds. The SMILES string of the molecule is CC(C)CC(C)CC(=O)Nc1ccc(NC2CCOCC2)cc1. The van der Waals surface area contributed by atoms with Crippen molar-refractivity contribution >= 4 is 17.3 Å². The first-order valence-electron chi connectivity index (χ1n) is 8.77. The van der Waals surface area contributed by atoms with E-state index < -0.39 is 0 Å². The first kappa shape index (κ1) is 17.8. The molecule has 0 aliphatic carbocycles. The second-order valence-corrected chi connectivity index (χ2v) is 7.10. The molecule has 128 valence electrons. The van der Waals surface area contributed by atoms with Gasteiger partial charge in [0.25, 0.3) is 0 Å². The van der Waals surface area contributed by atoms with Gasteiger partial charge in [-0.05, 0) is 55.4 Å². The van der Waals surface area contributed by atoms with Crippen molar-refractivity contribution in [2.24, 2.45) is 11.8 Å². The summed E-state index contributed by atoms with van der Waals surface area (Å²) in [4.78, 5) is 12.1. The van der Waals surface area contributed by atoms with Gasteiger partial charge in [-0.1, -0.05) is 20.8 Å². The van der Waals surface area contributed by atoms with Crippen LogP contribution in [0.3, 0.4) is 0 Å². The van der Waals surface area contributed by atoms with E-state index in [-0.39, 0.29) is 5.91 Å². The summed E-state index contributed by atoms with van der Waals surface area (Å²) in [6.45, 7) is 8.19. The second-order valence-electron chi connectivity index (χ2n) is 7.10. The molecule has 23 heavy (non-hydrogen) atoms. The van der Waals surface area contributed by atoms with Crippen LogP contribution in [0.5, 0.6) is 0 Å². The van der Waals surface area contributed by atoms with Gasteiger partial charge in [0.15, 0.2) is 0 Å². The van der Waals surface area contributed by atoms with Crippen molar-refractivity contribution in [1.29, 1.82) is 0 Å². The van der Waals surface area contributed by atoms with Crippen molar-refractivity contribution in [1.82, 2.24) is 0 Å². The van der Waals surface area contributed by atoms with E-state index in [1.165, 1.54) is 0 Å². The molecule has 2 rings (SSSR count). The molecule has 4 heteroatoms. The Balaban J connectivity index is 1.78. The Kier molecular flexibility index (Phi) is 6.90. The van der Waals surface area contributed by atoms with E-state index in [9.17, 15) is 4.79 Å². The molecule has 0 saturated carbocycles. The minimum Gasteiger partial charge on any atom is -0.382 e. The molecule has 1 aliphatic rings. The van der Waals surface area contributed by atoms with Crippen molar-refractivity contribution < 1.29 is 9.53 Å². The fraction of sp³-hybridized carbons (Fsp3) is 0.632. The zero-order valence-electron chi connectivity index (χ0n) is 14.6. The van der Waals surface area contributed by atoms with Crippen molar-refractivity contribution in [3.05, 3.63) is 24.3 Å². The summed E-state index contributed by atoms with van der Waals surface area (Å²) < 4.78 is 5.37. The van der Waals surface area contributed by atoms with E-state index in [0.717, 1.165) is 43.9 Å². The summed E-state index contributed by atoms with van der Waals surface area (Å²) in [6, 6.07) is 8.48. The number of ether oxygens (including phenoxy) is 1. The van der Waals surface area contributed by atoms with Gasteiger partial charge in [0, 0.05) is 37.1 Å². The molecular formula is C19H30N2O2. The van der Waals surface area contributed by atoms with Gasteiger partial charge in [0.1, 0.15) is 0 Å². The maximum atomic E-state index is 12.1. The number of amides is 1. The van der Waals surface area contributed by atoms with E-state index in [4.69, 9.17) is 4.74 Å². The van der Waals surface area contributed by atoms with Crippen molar-refractivity contribution in [2.45, 2.75) is 52.5 Å². The maximum Gasteiger partial charge on any atom is 0.224 e. The molecule has 1 aliphatic heterocycles. The Morgan fingerprint density at radius 2 is 1.74 bits per heavy atom. The Morgan fingerprint density at radius 1 is 1.13 bits per heavy atom. The molecule has 0 spiro atoms. The third kappa shape index (κ3) is 6.61. The lowest BCUT2D eigenvalue weighted by Gasteiger charge is -2.24. The summed E-state index contributed by atoms with van der Waals surface area (Å²) in [6.07, 6.45) is 3.76. The highest BCUT2D eigenvalue weighted by molar-refractivity contribution is 5.91. The molecule has 4 nitrogen and oxygen atoms in total. The van der Waals surface area contributed by atoms with Crippen molar-refractivity contribution in [3.63, 3.8) is 0 Å². The number of hydrogen-bond donors (Lipinski definition) is 2. The van der Waals surface area contributed by atoms with E-state index in [1.807, 2.05) is 24.3 Å². The average molecular weight is 318 g/mol. The van der Waals surface area contributed by atoms with Crippen LogP contribution in [-0.2, 0) is 9.53 Å². The Labute approximate surface area is 140 Å². The van der Waals surface area contributed by atoms with E-state index in [2.05, 4.69) is 31.4 Å². The summed E-state index contributed by atoms with van der Waals surface area (Å²) in [5, 5.41) is 6.51. The molecular weight excluding hydrogens is 288 g/mol. The van der Waals surface area contributed by atoms with Crippen LogP contribution in [0.2, 0.25) is 0 Å². The van der Waals surface area contributed by atoms with Crippen LogP contribution in [-0.4, -0.2) is 25.2 Å². The Bertz CT molecular complexity index is 479. The van der Waals surface area contributed by atoms with Crippen LogP contribution < -0.4 is 10.6 Å². The molecule has 1 fully saturated rings. The van der Waals surface area contributed by atoms with Crippen LogP contribution in [0.25, 0.3) is 0 Å². The largest absolute Gasteiger partial charge is 0.382 e. The molecule has 1 heterocycles. The van der Waals surface area contributed by atoms with Crippen LogP contribution >= 0.6 is 0 Å². The van der Waals surface area contributed by atoms with Crippen molar-refractivity contribution in [3.8, 4) is 0 Å². The first-order valence-corrected chi connectivity index (χ1v) is 8.77. The second kappa shape index (κ2) is 8.92. The monoisotopic (exact) mass is 318 g/mol. The number of rotatable bonds is 7. The third-order valence-corrected chi connectivity index (χ3v) is 4.17. The van der Waals surface area contributed by atoms with E-state index in [1.54, 1.807) is 0 Å². The van der Waals surface area contributed by atoms with Gasteiger partial charge in [0.2, 0.25) is 5.91 Å². The number of hydrogen-bond acceptors (Lipinski definition) is 3. The van der Waals surface area contributed by atoms with E-state index in [0.29, 0.717) is 24.3 Å². The van der Waals surface area contributed by atoms with Gasteiger partial charge in [-0.15, -0.1) is 0 Å². The number of carbonyl (C=O) groups is 1. The molecule has 0 aromatic heterocycles. The summed E-state index contributed by atoms with van der Waals surface area (Å²) >= 11 is 0. The summed E-state index contributed by atoms with van der Waals surface area (Å²) in [5.74, 6) is 1.15. The number of benzene rings is 1. The van der Waals surface area contributed by atoms with Crippen molar-refractivity contribution in [2.75, 3.05) is 23.8 Å². The molecule has 1 saturated heterocycles. The van der Waals surface area contributed by atoms with Gasteiger partial charge in [-0.25, -0.2) is 0 Å². The highest BCUT2D eigenvalue weighted by Gasteiger charge is 2.13. The van der Waals surface area contributed by atoms with Gasteiger partial charge < -0.3 is 15.4 Å². The Hall–Kier alpha value is -1.55. The average Bonchev–Trinajstić information content (AvgIpc) is 2.49. The maximum absolute atomic E-state index is 12.1. The fourth-order valence-corrected chi connectivity index (χ4v) is 3.14. The van der Waals surface area contributed by atoms with Crippen LogP contribution in [0.1, 0.15) is 46.5 Å². The first-order chi connectivity index (χ1) is 11.0. The number of nitrogens with one attached hydrogen (secondary N) is 2. The summed E-state index contributed by atoms with van der Waals surface area (Å²) in [7, 11) is 0. The van der Waals surface area contributed by atoms with Crippen LogP contribution in [0.15, 0.2) is 24.3 Å². The lowest BCUT2D eigenvalue weighted by Crippen LogP contribution is -2.27. The minimum atomic E-state index is 0.100. The minimum absolute atomic E-state index is 0.100. The molecule has 1 aromatic rings. The van der Waals surface area contributed by atoms with Gasteiger partial charge >= 0.3 is 0 Å². The summed E-state index contributed by atoms with van der Waals surface area (Å²) in [5.41, 5.74) is 1.97. The van der Waals surface area contributed by atoms with Crippen LogP contribution in [0, 0.1) is 11.8 Å². The molecule has 1 aromatic carbocycles.